The minimum Gasteiger partial charge on any atom is -0.493 e. The lowest BCUT2D eigenvalue weighted by Crippen LogP contribution is -2.44. The number of likely N-dealkylation sites (tertiary alicyclic amines) is 1. The maximum absolute atomic E-state index is 13.3. The second kappa shape index (κ2) is 8.82. The number of aromatic amines is 1. The van der Waals surface area contributed by atoms with Crippen LogP contribution in [0.2, 0.25) is 0 Å². The lowest BCUT2D eigenvalue weighted by Gasteiger charge is -2.36. The fourth-order valence-electron chi connectivity index (χ4n) is 4.96. The van der Waals surface area contributed by atoms with E-state index >= 15 is 0 Å². The Labute approximate surface area is 188 Å². The van der Waals surface area contributed by atoms with Crippen molar-refractivity contribution in [2.45, 2.75) is 32.4 Å². The summed E-state index contributed by atoms with van der Waals surface area (Å²) in [4.78, 5) is 25.8. The van der Waals surface area contributed by atoms with E-state index in [1.54, 1.807) is 14.2 Å². The number of hydrogen-bond acceptors (Lipinski definition) is 5. The summed E-state index contributed by atoms with van der Waals surface area (Å²) in [5.74, 6) is 2.85. The number of ether oxygens (including phenoxy) is 2. The molecule has 1 N–H and O–H groups in total. The summed E-state index contributed by atoms with van der Waals surface area (Å²) < 4.78 is 10.9. The van der Waals surface area contributed by atoms with Crippen molar-refractivity contribution in [1.29, 1.82) is 0 Å². The zero-order chi connectivity index (χ0) is 22.1. The molecule has 168 valence electrons. The van der Waals surface area contributed by atoms with Crippen molar-refractivity contribution >= 4 is 16.9 Å². The number of carbonyl (C=O) groups excluding carboxylic acids is 1. The Kier molecular flexibility index (Phi) is 5.74. The smallest absolute Gasteiger partial charge is 0.226 e. The molecule has 0 bridgehead atoms. The molecular formula is C25H30N4O3. The number of fused-ring (bicyclic) bond motifs is 2. The van der Waals surface area contributed by atoms with Crippen LogP contribution in [0.25, 0.3) is 11.0 Å². The molecule has 7 nitrogen and oxygen atoms in total. The van der Waals surface area contributed by atoms with Gasteiger partial charge in [0.1, 0.15) is 5.82 Å². The molecule has 32 heavy (non-hydrogen) atoms. The number of carbonyl (C=O) groups is 1. The quantitative estimate of drug-likeness (QED) is 0.667. The molecule has 0 aliphatic carbocycles. The number of aromatic nitrogens is 2. The van der Waals surface area contributed by atoms with Crippen LogP contribution in [0.3, 0.4) is 0 Å². The van der Waals surface area contributed by atoms with Crippen LogP contribution in [0.5, 0.6) is 11.5 Å². The predicted octanol–water partition coefficient (Wildman–Crippen LogP) is 3.38. The van der Waals surface area contributed by atoms with E-state index in [1.165, 1.54) is 5.56 Å². The Balaban J connectivity index is 1.18. The molecule has 0 unspecified atom stereocenters. The van der Waals surface area contributed by atoms with Gasteiger partial charge in [-0.15, -0.1) is 0 Å². The number of para-hydroxylation sites is 2. The molecule has 2 aliphatic rings. The molecule has 1 saturated heterocycles. The first kappa shape index (κ1) is 20.8. The van der Waals surface area contributed by atoms with Crippen LogP contribution in [0, 0.1) is 5.92 Å². The third-order valence-corrected chi connectivity index (χ3v) is 6.78. The van der Waals surface area contributed by atoms with E-state index in [2.05, 4.69) is 16.0 Å². The van der Waals surface area contributed by atoms with E-state index in [0.29, 0.717) is 6.54 Å². The van der Waals surface area contributed by atoms with Gasteiger partial charge in [0.15, 0.2) is 11.5 Å². The predicted molar refractivity (Wildman–Crippen MR) is 123 cm³/mol. The van der Waals surface area contributed by atoms with Gasteiger partial charge >= 0.3 is 0 Å². The van der Waals surface area contributed by atoms with Crippen molar-refractivity contribution < 1.29 is 14.3 Å². The topological polar surface area (TPSA) is 70.7 Å². The third-order valence-electron chi connectivity index (χ3n) is 6.78. The van der Waals surface area contributed by atoms with Crippen molar-refractivity contribution in [1.82, 2.24) is 19.8 Å². The number of rotatable bonds is 5. The molecule has 2 aromatic carbocycles. The summed E-state index contributed by atoms with van der Waals surface area (Å²) in [5.41, 5.74) is 4.48. The highest BCUT2D eigenvalue weighted by Gasteiger charge is 2.31. The minimum absolute atomic E-state index is 0.101. The fourth-order valence-corrected chi connectivity index (χ4v) is 4.96. The molecule has 0 atom stereocenters. The van der Waals surface area contributed by atoms with Crippen molar-refractivity contribution in [3.8, 4) is 11.5 Å². The van der Waals surface area contributed by atoms with Crippen LogP contribution in [0.15, 0.2) is 36.4 Å². The maximum atomic E-state index is 13.3. The van der Waals surface area contributed by atoms with Gasteiger partial charge < -0.3 is 19.4 Å². The fraction of sp³-hybridized carbons (Fsp3) is 0.440. The molecule has 0 saturated carbocycles. The van der Waals surface area contributed by atoms with Gasteiger partial charge in [-0.2, -0.15) is 0 Å². The van der Waals surface area contributed by atoms with Crippen LogP contribution >= 0.6 is 0 Å². The molecule has 3 heterocycles. The number of benzene rings is 2. The molecule has 1 fully saturated rings. The average Bonchev–Trinajstić information content (AvgIpc) is 3.25. The third kappa shape index (κ3) is 4.05. The van der Waals surface area contributed by atoms with Crippen LogP contribution in [0.1, 0.15) is 29.8 Å². The van der Waals surface area contributed by atoms with Crippen molar-refractivity contribution in [3.05, 3.63) is 53.3 Å². The molecule has 0 radical (unpaired) electrons. The average molecular weight is 435 g/mol. The standard InChI is InChI=1S/C25H30N4O3/c1-31-22-13-18-9-12-29(15-19(18)14-23(22)32-2)25(30)17-7-10-28(11-8-17)16-24-26-20-5-3-4-6-21(20)27-24/h3-6,13-14,17H,7-12,15-16H2,1-2H3,(H,26,27). The summed E-state index contributed by atoms with van der Waals surface area (Å²) in [5, 5.41) is 0. The second-order valence-electron chi connectivity index (χ2n) is 8.74. The zero-order valence-corrected chi connectivity index (χ0v) is 18.8. The normalized spacial score (nSPS) is 17.4. The molecule has 3 aromatic rings. The first-order valence-corrected chi connectivity index (χ1v) is 11.3. The molecule has 1 aromatic heterocycles. The van der Waals surface area contributed by atoms with Gasteiger partial charge in [-0.05, 0) is 67.7 Å². The number of nitrogens with one attached hydrogen (secondary N) is 1. The Morgan fingerprint density at radius 1 is 1.06 bits per heavy atom. The maximum Gasteiger partial charge on any atom is 0.226 e. The highest BCUT2D eigenvalue weighted by molar-refractivity contribution is 5.79. The van der Waals surface area contributed by atoms with Crippen molar-refractivity contribution in [2.75, 3.05) is 33.9 Å². The number of nitrogens with zero attached hydrogens (tertiary/aromatic N) is 3. The van der Waals surface area contributed by atoms with Gasteiger partial charge in [-0.25, -0.2) is 4.98 Å². The Hall–Kier alpha value is -3.06. The monoisotopic (exact) mass is 434 g/mol. The van der Waals surface area contributed by atoms with E-state index in [4.69, 9.17) is 14.5 Å². The van der Waals surface area contributed by atoms with Gasteiger partial charge in [0, 0.05) is 19.0 Å². The molecule has 2 aliphatic heterocycles. The van der Waals surface area contributed by atoms with E-state index < -0.39 is 0 Å². The Morgan fingerprint density at radius 3 is 2.50 bits per heavy atom. The lowest BCUT2D eigenvalue weighted by atomic mass is 9.92. The molecule has 0 spiro atoms. The van der Waals surface area contributed by atoms with Gasteiger partial charge in [-0.1, -0.05) is 12.1 Å². The number of piperidine rings is 1. The Bertz CT molecular complexity index is 1080. The number of amides is 1. The first-order chi connectivity index (χ1) is 15.6. The largest absolute Gasteiger partial charge is 0.493 e. The summed E-state index contributed by atoms with van der Waals surface area (Å²) in [6.45, 7) is 4.05. The summed E-state index contributed by atoms with van der Waals surface area (Å²) in [6, 6.07) is 12.2. The molecule has 1 amide bonds. The molecule has 5 rings (SSSR count). The van der Waals surface area contributed by atoms with E-state index in [-0.39, 0.29) is 11.8 Å². The number of H-pyrrole nitrogens is 1. The van der Waals surface area contributed by atoms with E-state index in [9.17, 15) is 4.79 Å². The summed E-state index contributed by atoms with van der Waals surface area (Å²) in [6.07, 6.45) is 2.65. The summed E-state index contributed by atoms with van der Waals surface area (Å²) >= 11 is 0. The van der Waals surface area contributed by atoms with Gasteiger partial charge in [-0.3, -0.25) is 9.69 Å². The summed E-state index contributed by atoms with van der Waals surface area (Å²) in [7, 11) is 3.30. The minimum atomic E-state index is 0.101. The van der Waals surface area contributed by atoms with E-state index in [1.807, 2.05) is 35.2 Å². The first-order valence-electron chi connectivity index (χ1n) is 11.3. The Morgan fingerprint density at radius 2 is 1.78 bits per heavy atom. The van der Waals surface area contributed by atoms with E-state index in [0.717, 1.165) is 79.4 Å². The highest BCUT2D eigenvalue weighted by atomic mass is 16.5. The number of imidazole rings is 1. The van der Waals surface area contributed by atoms with Crippen LogP contribution in [0.4, 0.5) is 0 Å². The number of hydrogen-bond donors (Lipinski definition) is 1. The highest BCUT2D eigenvalue weighted by Crippen LogP contribution is 2.34. The van der Waals surface area contributed by atoms with Gasteiger partial charge in [0.05, 0.1) is 31.8 Å². The van der Waals surface area contributed by atoms with Crippen LogP contribution in [-0.2, 0) is 24.3 Å². The molecule has 7 heteroatoms. The van der Waals surface area contributed by atoms with Gasteiger partial charge in [0.25, 0.3) is 0 Å². The number of methoxy groups -OCH3 is 2. The SMILES string of the molecule is COc1cc2c(cc1OC)CN(C(=O)C1CCN(Cc3nc4ccccc4[nH]3)CC1)CC2. The van der Waals surface area contributed by atoms with Crippen LogP contribution < -0.4 is 9.47 Å². The lowest BCUT2D eigenvalue weighted by molar-refractivity contribution is -0.138. The van der Waals surface area contributed by atoms with Gasteiger partial charge in [0.2, 0.25) is 5.91 Å². The van der Waals surface area contributed by atoms with Crippen LogP contribution in [-0.4, -0.2) is 59.5 Å². The van der Waals surface area contributed by atoms with Crippen molar-refractivity contribution in [2.24, 2.45) is 5.92 Å². The molecular weight excluding hydrogens is 404 g/mol. The van der Waals surface area contributed by atoms with Crippen molar-refractivity contribution in [3.63, 3.8) is 0 Å². The zero-order valence-electron chi connectivity index (χ0n) is 18.8. The second-order valence-corrected chi connectivity index (χ2v) is 8.74.